The quantitative estimate of drug-likeness (QED) is 0.651. The van der Waals surface area contributed by atoms with Gasteiger partial charge in [-0.1, -0.05) is 6.08 Å². The molecule has 1 aromatic carbocycles. The van der Waals surface area contributed by atoms with Crippen LogP contribution < -0.4 is 4.74 Å². The fraction of sp³-hybridized carbons (Fsp3) is 0.333. The summed E-state index contributed by atoms with van der Waals surface area (Å²) in [5.74, 6) is -1.37. The van der Waals surface area contributed by atoms with Gasteiger partial charge in [-0.3, -0.25) is 0 Å². The lowest BCUT2D eigenvalue weighted by atomic mass is 9.95. The van der Waals surface area contributed by atoms with E-state index in [0.717, 1.165) is 0 Å². The number of cyclic esters (lactones) is 1. The van der Waals surface area contributed by atoms with Crippen LogP contribution in [0.4, 0.5) is 0 Å². The first-order chi connectivity index (χ1) is 9.88. The van der Waals surface area contributed by atoms with E-state index in [-0.39, 0.29) is 29.9 Å². The average molecular weight is 292 g/mol. The summed E-state index contributed by atoms with van der Waals surface area (Å²) in [7, 11) is 1.46. The molecule has 0 bridgehead atoms. The molecule has 0 spiro atoms. The van der Waals surface area contributed by atoms with E-state index in [9.17, 15) is 14.7 Å². The Morgan fingerprint density at radius 1 is 1.48 bits per heavy atom. The van der Waals surface area contributed by atoms with Crippen LogP contribution in [0.1, 0.15) is 34.0 Å². The zero-order valence-corrected chi connectivity index (χ0v) is 12.0. The summed E-state index contributed by atoms with van der Waals surface area (Å²) < 4.78 is 10.2. The van der Waals surface area contributed by atoms with Gasteiger partial charge in [-0.15, -0.1) is 0 Å². The largest absolute Gasteiger partial charge is 0.507 e. The number of carbonyl (C=O) groups is 2. The molecule has 2 N–H and O–H groups in total. The van der Waals surface area contributed by atoms with Crippen LogP contribution in [0.3, 0.4) is 0 Å². The van der Waals surface area contributed by atoms with Crippen molar-refractivity contribution in [1.82, 2.24) is 0 Å². The predicted molar refractivity (Wildman–Crippen MR) is 73.6 cm³/mol. The van der Waals surface area contributed by atoms with Gasteiger partial charge in [0.2, 0.25) is 0 Å². The Labute approximate surface area is 121 Å². The van der Waals surface area contributed by atoms with Crippen LogP contribution in [0.5, 0.6) is 11.5 Å². The van der Waals surface area contributed by atoms with Crippen molar-refractivity contribution in [3.8, 4) is 11.5 Å². The summed E-state index contributed by atoms with van der Waals surface area (Å²) in [5.41, 5.74) is 2.00. The lowest BCUT2D eigenvalue weighted by Gasteiger charge is -2.15. The summed E-state index contributed by atoms with van der Waals surface area (Å²) in [5, 5.41) is 19.2. The molecule has 0 unspecified atom stereocenters. The van der Waals surface area contributed by atoms with E-state index in [0.29, 0.717) is 22.4 Å². The first-order valence-electron chi connectivity index (χ1n) is 6.36. The minimum Gasteiger partial charge on any atom is -0.507 e. The van der Waals surface area contributed by atoms with Gasteiger partial charge in [-0.2, -0.15) is 0 Å². The second-order valence-electron chi connectivity index (χ2n) is 4.81. The molecule has 1 aliphatic rings. The zero-order valence-electron chi connectivity index (χ0n) is 12.0. The highest BCUT2D eigenvalue weighted by molar-refractivity contribution is 5.98. The standard InChI is InChI=1S/C15H16O6/c1-7(14(17)18)4-5-9-12(16)11-10(6-21-15(11)19)8(2)13(9)20-3/h4,16H,5-6H2,1-3H3,(H,17,18)/b7-4+. The number of aliphatic carboxylic acids is 1. The van der Waals surface area contributed by atoms with Gasteiger partial charge in [-0.05, 0) is 25.8 Å². The monoisotopic (exact) mass is 292 g/mol. The van der Waals surface area contributed by atoms with Gasteiger partial charge < -0.3 is 19.7 Å². The van der Waals surface area contributed by atoms with E-state index in [1.54, 1.807) is 6.92 Å². The summed E-state index contributed by atoms with van der Waals surface area (Å²) in [6.45, 7) is 3.34. The summed E-state index contributed by atoms with van der Waals surface area (Å²) in [6, 6.07) is 0. The van der Waals surface area contributed by atoms with Crippen LogP contribution in [-0.2, 0) is 22.6 Å². The maximum atomic E-state index is 11.7. The molecule has 6 nitrogen and oxygen atoms in total. The molecule has 112 valence electrons. The minimum atomic E-state index is -1.04. The Morgan fingerprint density at radius 3 is 2.71 bits per heavy atom. The van der Waals surface area contributed by atoms with Crippen molar-refractivity contribution in [2.45, 2.75) is 26.9 Å². The summed E-state index contributed by atoms with van der Waals surface area (Å²) in [6.07, 6.45) is 1.61. The number of phenols is 1. The number of allylic oxidation sites excluding steroid dienone is 1. The van der Waals surface area contributed by atoms with Crippen LogP contribution >= 0.6 is 0 Å². The van der Waals surface area contributed by atoms with Crippen molar-refractivity contribution < 1.29 is 29.3 Å². The number of carboxylic acids is 1. The highest BCUT2D eigenvalue weighted by Crippen LogP contribution is 2.41. The molecule has 0 fully saturated rings. The number of ether oxygens (including phenoxy) is 2. The first-order valence-corrected chi connectivity index (χ1v) is 6.36. The minimum absolute atomic E-state index is 0.105. The van der Waals surface area contributed by atoms with E-state index in [2.05, 4.69) is 0 Å². The van der Waals surface area contributed by atoms with Crippen LogP contribution in [0.25, 0.3) is 0 Å². The number of carbonyl (C=O) groups excluding carboxylic acids is 1. The van der Waals surface area contributed by atoms with Gasteiger partial charge in [0.15, 0.2) is 0 Å². The van der Waals surface area contributed by atoms with E-state index >= 15 is 0 Å². The van der Waals surface area contributed by atoms with Crippen molar-refractivity contribution >= 4 is 11.9 Å². The van der Waals surface area contributed by atoms with Gasteiger partial charge in [-0.25, -0.2) is 9.59 Å². The summed E-state index contributed by atoms with van der Waals surface area (Å²) in [4.78, 5) is 22.5. The van der Waals surface area contributed by atoms with Gasteiger partial charge >= 0.3 is 11.9 Å². The van der Waals surface area contributed by atoms with Crippen LogP contribution in [0, 0.1) is 6.92 Å². The van der Waals surface area contributed by atoms with Crippen molar-refractivity contribution in [3.63, 3.8) is 0 Å². The average Bonchev–Trinajstić information content (AvgIpc) is 2.83. The number of hydrogen-bond donors (Lipinski definition) is 2. The van der Waals surface area contributed by atoms with Gasteiger partial charge in [0, 0.05) is 16.7 Å². The number of carboxylic acid groups (broad SMARTS) is 1. The molecule has 0 atom stereocenters. The lowest BCUT2D eigenvalue weighted by molar-refractivity contribution is -0.132. The molecule has 2 rings (SSSR count). The van der Waals surface area contributed by atoms with Crippen molar-refractivity contribution in [2.75, 3.05) is 7.11 Å². The third kappa shape index (κ3) is 2.44. The first kappa shape index (κ1) is 14.9. The highest BCUT2D eigenvalue weighted by Gasteiger charge is 2.31. The maximum absolute atomic E-state index is 11.7. The Morgan fingerprint density at radius 2 is 2.14 bits per heavy atom. The predicted octanol–water partition coefficient (Wildman–Crippen LogP) is 1.95. The van der Waals surface area contributed by atoms with Gasteiger partial charge in [0.1, 0.15) is 23.7 Å². The zero-order chi connectivity index (χ0) is 15.7. The number of methoxy groups -OCH3 is 1. The third-order valence-corrected chi connectivity index (χ3v) is 3.60. The van der Waals surface area contributed by atoms with Crippen LogP contribution in [0.15, 0.2) is 11.6 Å². The van der Waals surface area contributed by atoms with E-state index in [1.807, 2.05) is 0 Å². The van der Waals surface area contributed by atoms with Crippen molar-refractivity contribution in [2.24, 2.45) is 0 Å². The van der Waals surface area contributed by atoms with Crippen molar-refractivity contribution in [1.29, 1.82) is 0 Å². The fourth-order valence-corrected chi connectivity index (χ4v) is 2.37. The molecule has 1 aliphatic heterocycles. The number of benzene rings is 1. The van der Waals surface area contributed by atoms with Gasteiger partial charge in [0.25, 0.3) is 0 Å². The number of esters is 1. The van der Waals surface area contributed by atoms with E-state index in [4.69, 9.17) is 14.6 Å². The molecule has 1 aromatic rings. The van der Waals surface area contributed by atoms with Crippen LogP contribution in [0.2, 0.25) is 0 Å². The molecule has 0 radical (unpaired) electrons. The SMILES string of the molecule is COc1c(C)c2c(c(O)c1C/C=C(\C)C(=O)O)C(=O)OC2. The molecular weight excluding hydrogens is 276 g/mol. The lowest BCUT2D eigenvalue weighted by Crippen LogP contribution is -2.04. The molecule has 0 saturated carbocycles. The van der Waals surface area contributed by atoms with Crippen LogP contribution in [-0.4, -0.2) is 29.3 Å². The summed E-state index contributed by atoms with van der Waals surface area (Å²) >= 11 is 0. The smallest absolute Gasteiger partial charge is 0.342 e. The third-order valence-electron chi connectivity index (χ3n) is 3.60. The molecule has 0 saturated heterocycles. The number of rotatable bonds is 4. The normalized spacial score (nSPS) is 13.9. The fourth-order valence-electron chi connectivity index (χ4n) is 2.37. The second kappa shape index (κ2) is 5.47. The molecular formula is C15H16O6. The van der Waals surface area contributed by atoms with E-state index < -0.39 is 11.9 Å². The molecule has 6 heteroatoms. The number of aromatic hydroxyl groups is 1. The Hall–Kier alpha value is -2.50. The number of phenolic OH excluding ortho intramolecular Hbond substituents is 1. The number of hydrogen-bond acceptors (Lipinski definition) is 5. The number of fused-ring (bicyclic) bond motifs is 1. The molecule has 0 aliphatic carbocycles. The molecule has 1 heterocycles. The molecule has 0 amide bonds. The van der Waals surface area contributed by atoms with Crippen molar-refractivity contribution in [3.05, 3.63) is 33.9 Å². The molecule has 21 heavy (non-hydrogen) atoms. The Kier molecular flexibility index (Phi) is 3.88. The maximum Gasteiger partial charge on any atom is 0.342 e. The van der Waals surface area contributed by atoms with Gasteiger partial charge in [0.05, 0.1) is 7.11 Å². The Bertz CT molecular complexity index is 657. The Balaban J connectivity index is 2.58. The topological polar surface area (TPSA) is 93.1 Å². The van der Waals surface area contributed by atoms with E-state index in [1.165, 1.54) is 20.1 Å². The second-order valence-corrected chi connectivity index (χ2v) is 4.81. The highest BCUT2D eigenvalue weighted by atomic mass is 16.5. The molecule has 0 aromatic heterocycles.